The molecule has 1 aromatic heterocycles. The first kappa shape index (κ1) is 19.4. The van der Waals surface area contributed by atoms with E-state index in [-0.39, 0.29) is 23.4 Å². The van der Waals surface area contributed by atoms with E-state index in [0.717, 1.165) is 31.2 Å². The fourth-order valence-corrected chi connectivity index (χ4v) is 3.62. The van der Waals surface area contributed by atoms with Gasteiger partial charge in [-0.3, -0.25) is 14.3 Å². The minimum absolute atomic E-state index is 0.0170. The molecule has 1 aromatic carbocycles. The van der Waals surface area contributed by atoms with Gasteiger partial charge in [0.25, 0.3) is 5.91 Å². The van der Waals surface area contributed by atoms with Gasteiger partial charge in [-0.2, -0.15) is 5.10 Å². The zero-order valence-electron chi connectivity index (χ0n) is 15.5. The third-order valence-corrected chi connectivity index (χ3v) is 5.35. The van der Waals surface area contributed by atoms with Crippen molar-refractivity contribution in [2.75, 3.05) is 11.9 Å². The first-order valence-electron chi connectivity index (χ1n) is 9.41. The molecular formula is C20H25ClN4O2. The molecular weight excluding hydrogens is 364 g/mol. The summed E-state index contributed by atoms with van der Waals surface area (Å²) in [7, 11) is 1.72. The van der Waals surface area contributed by atoms with E-state index in [9.17, 15) is 9.59 Å². The van der Waals surface area contributed by atoms with Gasteiger partial charge in [-0.15, -0.1) is 0 Å². The summed E-state index contributed by atoms with van der Waals surface area (Å²) in [6.45, 7) is 0.461. The van der Waals surface area contributed by atoms with Crippen LogP contribution in [0.5, 0.6) is 0 Å². The lowest BCUT2D eigenvalue weighted by Crippen LogP contribution is -2.26. The number of nitrogens with zero attached hydrogens (tertiary/aromatic N) is 2. The summed E-state index contributed by atoms with van der Waals surface area (Å²) in [6, 6.07) is 9.18. The number of aromatic nitrogens is 2. The maximum Gasteiger partial charge on any atom is 0.271 e. The third kappa shape index (κ3) is 5.10. The Kier molecular flexibility index (Phi) is 6.50. The van der Waals surface area contributed by atoms with Crippen molar-refractivity contribution in [3.05, 3.63) is 46.6 Å². The number of benzene rings is 1. The molecule has 0 aliphatic heterocycles. The van der Waals surface area contributed by atoms with Crippen LogP contribution in [0.3, 0.4) is 0 Å². The smallest absolute Gasteiger partial charge is 0.271 e. The van der Waals surface area contributed by atoms with Crippen LogP contribution in [0.2, 0.25) is 5.02 Å². The van der Waals surface area contributed by atoms with E-state index < -0.39 is 0 Å². The molecule has 144 valence electrons. The van der Waals surface area contributed by atoms with E-state index in [1.54, 1.807) is 13.1 Å². The Labute approximate surface area is 164 Å². The van der Waals surface area contributed by atoms with Gasteiger partial charge in [0.15, 0.2) is 5.69 Å². The SMILES string of the molecule is Cn1nc(C(=O)NCCc2ccccc2Cl)cc1NC(=O)C1CCCCC1. The average Bonchev–Trinajstić information content (AvgIpc) is 3.04. The number of halogens is 1. The van der Waals surface area contributed by atoms with Gasteiger partial charge in [-0.1, -0.05) is 49.1 Å². The number of hydrogen-bond donors (Lipinski definition) is 2. The van der Waals surface area contributed by atoms with Crippen LogP contribution in [0.15, 0.2) is 30.3 Å². The van der Waals surface area contributed by atoms with E-state index in [1.165, 1.54) is 11.1 Å². The molecule has 3 rings (SSSR count). The minimum Gasteiger partial charge on any atom is -0.350 e. The molecule has 2 aromatic rings. The lowest BCUT2D eigenvalue weighted by atomic mass is 9.89. The third-order valence-electron chi connectivity index (χ3n) is 4.98. The van der Waals surface area contributed by atoms with Gasteiger partial charge in [0, 0.05) is 30.6 Å². The van der Waals surface area contributed by atoms with Gasteiger partial charge in [0.05, 0.1) is 0 Å². The molecule has 1 aliphatic rings. The highest BCUT2D eigenvalue weighted by Crippen LogP contribution is 2.25. The number of hydrogen-bond acceptors (Lipinski definition) is 3. The summed E-state index contributed by atoms with van der Waals surface area (Å²) in [4.78, 5) is 24.7. The maximum absolute atomic E-state index is 12.4. The summed E-state index contributed by atoms with van der Waals surface area (Å²) in [6.07, 6.45) is 5.90. The summed E-state index contributed by atoms with van der Waals surface area (Å²) in [5.74, 6) is 0.350. The predicted molar refractivity (Wildman–Crippen MR) is 106 cm³/mol. The molecule has 2 N–H and O–H groups in total. The Morgan fingerprint density at radius 2 is 1.96 bits per heavy atom. The Morgan fingerprint density at radius 3 is 2.70 bits per heavy atom. The van der Waals surface area contributed by atoms with Crippen LogP contribution >= 0.6 is 11.6 Å². The lowest BCUT2D eigenvalue weighted by molar-refractivity contribution is -0.120. The van der Waals surface area contributed by atoms with E-state index >= 15 is 0 Å². The fraction of sp³-hybridized carbons (Fsp3) is 0.450. The van der Waals surface area contributed by atoms with E-state index in [2.05, 4.69) is 15.7 Å². The molecule has 1 fully saturated rings. The Morgan fingerprint density at radius 1 is 1.22 bits per heavy atom. The monoisotopic (exact) mass is 388 g/mol. The predicted octanol–water partition coefficient (Wildman–Crippen LogP) is 3.56. The van der Waals surface area contributed by atoms with Gasteiger partial charge in [-0.05, 0) is 30.9 Å². The van der Waals surface area contributed by atoms with Crippen LogP contribution in [0.1, 0.15) is 48.2 Å². The topological polar surface area (TPSA) is 76.0 Å². The molecule has 0 radical (unpaired) electrons. The highest BCUT2D eigenvalue weighted by atomic mass is 35.5. The zero-order valence-corrected chi connectivity index (χ0v) is 16.3. The quantitative estimate of drug-likeness (QED) is 0.794. The minimum atomic E-state index is -0.268. The Balaban J connectivity index is 1.54. The maximum atomic E-state index is 12.4. The number of carbonyl (C=O) groups is 2. The van der Waals surface area contributed by atoms with Crippen LogP contribution in [0.4, 0.5) is 5.82 Å². The first-order valence-corrected chi connectivity index (χ1v) is 9.79. The Hall–Kier alpha value is -2.34. The molecule has 0 saturated heterocycles. The standard InChI is InChI=1S/C20H25ClN4O2/c1-25-18(23-19(26)15-8-3-2-4-9-15)13-17(24-25)20(27)22-12-11-14-7-5-6-10-16(14)21/h5-7,10,13,15H,2-4,8-9,11-12H2,1H3,(H,22,27)(H,23,26). The van der Waals surface area contributed by atoms with Crippen molar-refractivity contribution in [3.63, 3.8) is 0 Å². The normalized spacial score (nSPS) is 14.7. The second-order valence-corrected chi connectivity index (χ2v) is 7.37. The fourth-order valence-electron chi connectivity index (χ4n) is 3.39. The number of amides is 2. The molecule has 6 nitrogen and oxygen atoms in total. The highest BCUT2D eigenvalue weighted by molar-refractivity contribution is 6.31. The van der Waals surface area contributed by atoms with Gasteiger partial charge in [0.1, 0.15) is 5.82 Å². The van der Waals surface area contributed by atoms with Crippen molar-refractivity contribution in [2.24, 2.45) is 13.0 Å². The van der Waals surface area contributed by atoms with Crippen molar-refractivity contribution < 1.29 is 9.59 Å². The van der Waals surface area contributed by atoms with E-state index in [4.69, 9.17) is 11.6 Å². The molecule has 1 aliphatic carbocycles. The number of aryl methyl sites for hydroxylation is 1. The van der Waals surface area contributed by atoms with Crippen molar-refractivity contribution in [1.82, 2.24) is 15.1 Å². The first-order chi connectivity index (χ1) is 13.0. The van der Waals surface area contributed by atoms with Crippen LogP contribution in [0, 0.1) is 5.92 Å². The van der Waals surface area contributed by atoms with Crippen LogP contribution in [-0.4, -0.2) is 28.1 Å². The average molecular weight is 389 g/mol. The van der Waals surface area contributed by atoms with Gasteiger partial charge in [0.2, 0.25) is 5.91 Å². The van der Waals surface area contributed by atoms with Crippen LogP contribution in [-0.2, 0) is 18.3 Å². The second-order valence-electron chi connectivity index (χ2n) is 6.96. The van der Waals surface area contributed by atoms with Crippen molar-refractivity contribution >= 4 is 29.2 Å². The van der Waals surface area contributed by atoms with Gasteiger partial charge >= 0.3 is 0 Å². The van der Waals surface area contributed by atoms with Crippen molar-refractivity contribution in [2.45, 2.75) is 38.5 Å². The highest BCUT2D eigenvalue weighted by Gasteiger charge is 2.22. The molecule has 0 atom stereocenters. The number of anilines is 1. The summed E-state index contributed by atoms with van der Waals surface area (Å²) in [5.41, 5.74) is 1.27. The van der Waals surface area contributed by atoms with E-state index in [1.807, 2.05) is 24.3 Å². The van der Waals surface area contributed by atoms with Crippen molar-refractivity contribution in [3.8, 4) is 0 Å². The summed E-state index contributed by atoms with van der Waals surface area (Å²) < 4.78 is 1.53. The molecule has 0 unspecified atom stereocenters. The zero-order chi connectivity index (χ0) is 19.2. The van der Waals surface area contributed by atoms with Gasteiger partial charge < -0.3 is 10.6 Å². The number of rotatable bonds is 6. The summed E-state index contributed by atoms with van der Waals surface area (Å²) in [5, 5.41) is 10.7. The molecule has 0 bridgehead atoms. The Bertz CT molecular complexity index is 812. The number of carbonyl (C=O) groups excluding carboxylic acids is 2. The lowest BCUT2D eigenvalue weighted by Gasteiger charge is -2.20. The molecule has 1 heterocycles. The van der Waals surface area contributed by atoms with E-state index in [0.29, 0.717) is 23.8 Å². The molecule has 2 amide bonds. The van der Waals surface area contributed by atoms with Crippen molar-refractivity contribution in [1.29, 1.82) is 0 Å². The summed E-state index contributed by atoms with van der Waals surface area (Å²) >= 11 is 6.12. The second kappa shape index (κ2) is 9.04. The van der Waals surface area contributed by atoms with Crippen LogP contribution < -0.4 is 10.6 Å². The van der Waals surface area contributed by atoms with Gasteiger partial charge in [-0.25, -0.2) is 0 Å². The number of nitrogens with one attached hydrogen (secondary N) is 2. The molecule has 1 saturated carbocycles. The molecule has 7 heteroatoms. The largest absolute Gasteiger partial charge is 0.350 e. The van der Waals surface area contributed by atoms with Crippen LogP contribution in [0.25, 0.3) is 0 Å². The molecule has 0 spiro atoms. The molecule has 27 heavy (non-hydrogen) atoms.